The molecule has 116 valence electrons. The van der Waals surface area contributed by atoms with E-state index in [1.165, 1.54) is 0 Å². The maximum atomic E-state index is 11.7. The van der Waals surface area contributed by atoms with Crippen LogP contribution in [-0.2, 0) is 22.0 Å². The molecule has 1 N–H and O–H groups in total. The molecule has 23 heavy (non-hydrogen) atoms. The van der Waals surface area contributed by atoms with Crippen LogP contribution in [0.25, 0.3) is 11.6 Å². The van der Waals surface area contributed by atoms with Crippen LogP contribution in [0.15, 0.2) is 65.1 Å². The molecule has 1 unspecified atom stereocenters. The first-order valence-electron chi connectivity index (χ1n) is 7.23. The van der Waals surface area contributed by atoms with E-state index in [2.05, 4.69) is 0 Å². The Labute approximate surface area is 137 Å². The Hall–Kier alpha value is -2.46. The van der Waals surface area contributed by atoms with E-state index in [1.54, 1.807) is 36.6 Å². The van der Waals surface area contributed by atoms with Gasteiger partial charge in [-0.3, -0.25) is 4.21 Å². The van der Waals surface area contributed by atoms with Gasteiger partial charge in [-0.05, 0) is 46.9 Å². The summed E-state index contributed by atoms with van der Waals surface area (Å²) in [4.78, 5) is 12.4. The third-order valence-electron chi connectivity index (χ3n) is 3.88. The fourth-order valence-corrected chi connectivity index (χ4v) is 3.23. The summed E-state index contributed by atoms with van der Waals surface area (Å²) in [6, 6.07) is 15.0. The van der Waals surface area contributed by atoms with E-state index in [1.807, 2.05) is 30.3 Å². The Morgan fingerprint density at radius 3 is 2.48 bits per heavy atom. The first-order chi connectivity index (χ1) is 11.1. The molecule has 0 heterocycles. The molecule has 0 amide bonds. The Morgan fingerprint density at radius 1 is 1.13 bits per heavy atom. The average Bonchev–Trinajstić information content (AvgIpc) is 2.96. The van der Waals surface area contributed by atoms with Crippen molar-refractivity contribution in [2.24, 2.45) is 0 Å². The highest BCUT2D eigenvalue weighted by Crippen LogP contribution is 2.33. The number of hydrogen-bond acceptors (Lipinski definition) is 2. The molecule has 0 saturated carbocycles. The van der Waals surface area contributed by atoms with Crippen molar-refractivity contribution in [2.45, 2.75) is 11.3 Å². The molecule has 3 nitrogen and oxygen atoms in total. The summed E-state index contributed by atoms with van der Waals surface area (Å²) in [5, 5.41) is 9.61. The van der Waals surface area contributed by atoms with Crippen LogP contribution in [-0.4, -0.2) is 21.5 Å². The average molecular weight is 324 g/mol. The quantitative estimate of drug-likeness (QED) is 0.875. The number of allylic oxidation sites excluding steroid dienone is 1. The van der Waals surface area contributed by atoms with E-state index in [-0.39, 0.29) is 5.57 Å². The fraction of sp³-hybridized carbons (Fsp3) is 0.105. The van der Waals surface area contributed by atoms with Crippen molar-refractivity contribution in [3.8, 4) is 0 Å². The summed E-state index contributed by atoms with van der Waals surface area (Å²) in [5.74, 6) is -0.948. The number of aliphatic carboxylic acids is 1. The summed E-state index contributed by atoms with van der Waals surface area (Å²) in [6.07, 6.45) is 6.00. The lowest BCUT2D eigenvalue weighted by Crippen LogP contribution is -2.02. The summed E-state index contributed by atoms with van der Waals surface area (Å²) >= 11 is 0. The lowest BCUT2D eigenvalue weighted by molar-refractivity contribution is -0.132. The largest absolute Gasteiger partial charge is 0.478 e. The van der Waals surface area contributed by atoms with Crippen molar-refractivity contribution < 1.29 is 14.1 Å². The van der Waals surface area contributed by atoms with Gasteiger partial charge in [0, 0.05) is 22.0 Å². The van der Waals surface area contributed by atoms with Crippen molar-refractivity contribution in [2.75, 3.05) is 6.26 Å². The summed E-state index contributed by atoms with van der Waals surface area (Å²) < 4.78 is 11.4. The summed E-state index contributed by atoms with van der Waals surface area (Å²) in [7, 11) is -1.04. The highest BCUT2D eigenvalue weighted by atomic mass is 32.2. The maximum absolute atomic E-state index is 11.7. The van der Waals surface area contributed by atoms with Crippen LogP contribution in [0.4, 0.5) is 0 Å². The highest BCUT2D eigenvalue weighted by molar-refractivity contribution is 7.84. The Balaban J connectivity index is 2.00. The molecule has 2 aromatic carbocycles. The second kappa shape index (κ2) is 6.34. The van der Waals surface area contributed by atoms with Crippen LogP contribution in [0.3, 0.4) is 0 Å². The van der Waals surface area contributed by atoms with E-state index in [0.29, 0.717) is 0 Å². The van der Waals surface area contributed by atoms with Gasteiger partial charge in [0.15, 0.2) is 0 Å². The topological polar surface area (TPSA) is 54.4 Å². The van der Waals surface area contributed by atoms with Gasteiger partial charge in [-0.15, -0.1) is 0 Å². The van der Waals surface area contributed by atoms with Gasteiger partial charge in [0.2, 0.25) is 0 Å². The lowest BCUT2D eigenvalue weighted by Gasteiger charge is -2.07. The van der Waals surface area contributed by atoms with Crippen LogP contribution >= 0.6 is 0 Å². The molecule has 2 aromatic rings. The molecule has 0 aromatic heterocycles. The van der Waals surface area contributed by atoms with Gasteiger partial charge >= 0.3 is 5.97 Å². The third-order valence-corrected chi connectivity index (χ3v) is 4.81. The molecule has 3 rings (SSSR count). The molecular weight excluding hydrogens is 308 g/mol. The van der Waals surface area contributed by atoms with Gasteiger partial charge in [0.25, 0.3) is 0 Å². The standard InChI is InChI=1S/C19H16O3S/c1-23(22)15-9-6-13(7-10-15)12-18(19(20)21)17-11-8-14-4-2-3-5-16(14)17/h2-7,9-12H,8H2,1H3,(H,20,21). The number of carboxylic acids is 1. The van der Waals surface area contributed by atoms with Crippen LogP contribution < -0.4 is 0 Å². The van der Waals surface area contributed by atoms with Crippen molar-refractivity contribution in [3.63, 3.8) is 0 Å². The first kappa shape index (κ1) is 15.4. The summed E-state index contributed by atoms with van der Waals surface area (Å²) in [6.45, 7) is 0. The number of carboxylic acid groups (broad SMARTS) is 1. The molecule has 0 fully saturated rings. The van der Waals surface area contributed by atoms with Crippen molar-refractivity contribution >= 4 is 28.4 Å². The van der Waals surface area contributed by atoms with E-state index < -0.39 is 16.8 Å². The van der Waals surface area contributed by atoms with Crippen molar-refractivity contribution in [3.05, 3.63) is 76.9 Å². The summed E-state index contributed by atoms with van der Waals surface area (Å²) in [5.41, 5.74) is 3.94. The fourth-order valence-electron chi connectivity index (χ4n) is 2.72. The van der Waals surface area contributed by atoms with E-state index in [4.69, 9.17) is 0 Å². The third kappa shape index (κ3) is 3.17. The zero-order chi connectivity index (χ0) is 16.4. The molecule has 1 atom stereocenters. The number of hydrogen-bond donors (Lipinski definition) is 1. The van der Waals surface area contributed by atoms with E-state index in [9.17, 15) is 14.1 Å². The molecule has 0 radical (unpaired) electrons. The smallest absolute Gasteiger partial charge is 0.336 e. The van der Waals surface area contributed by atoms with Gasteiger partial charge in [-0.25, -0.2) is 4.79 Å². The predicted molar refractivity (Wildman–Crippen MR) is 92.5 cm³/mol. The minimum absolute atomic E-state index is 0.278. The monoisotopic (exact) mass is 324 g/mol. The second-order valence-corrected chi connectivity index (χ2v) is 6.75. The van der Waals surface area contributed by atoms with Crippen LogP contribution in [0.1, 0.15) is 16.7 Å². The predicted octanol–water partition coefficient (Wildman–Crippen LogP) is 3.53. The second-order valence-electron chi connectivity index (χ2n) is 5.37. The van der Waals surface area contributed by atoms with Crippen LogP contribution in [0.5, 0.6) is 0 Å². The molecule has 1 aliphatic rings. The van der Waals surface area contributed by atoms with Crippen LogP contribution in [0.2, 0.25) is 0 Å². The Morgan fingerprint density at radius 2 is 1.83 bits per heavy atom. The number of carbonyl (C=O) groups is 1. The molecule has 1 aliphatic carbocycles. The zero-order valence-electron chi connectivity index (χ0n) is 12.7. The van der Waals surface area contributed by atoms with Crippen molar-refractivity contribution in [1.82, 2.24) is 0 Å². The SMILES string of the molecule is CS(=O)c1ccc(C=C(C(=O)O)C2=CCc3ccccc32)cc1. The lowest BCUT2D eigenvalue weighted by atomic mass is 9.97. The molecule has 0 aliphatic heterocycles. The molecule has 0 saturated heterocycles. The number of fused-ring (bicyclic) bond motifs is 1. The number of benzene rings is 2. The minimum Gasteiger partial charge on any atom is -0.478 e. The normalized spacial score (nSPS) is 15.0. The van der Waals surface area contributed by atoms with Gasteiger partial charge in [-0.1, -0.05) is 42.5 Å². The minimum atomic E-state index is -1.04. The van der Waals surface area contributed by atoms with Gasteiger partial charge < -0.3 is 5.11 Å². The first-order valence-corrected chi connectivity index (χ1v) is 8.79. The molecule has 4 heteroatoms. The molecule has 0 bridgehead atoms. The number of rotatable bonds is 4. The van der Waals surface area contributed by atoms with Gasteiger partial charge in [-0.2, -0.15) is 0 Å². The highest BCUT2D eigenvalue weighted by Gasteiger charge is 2.21. The maximum Gasteiger partial charge on any atom is 0.336 e. The van der Waals surface area contributed by atoms with Gasteiger partial charge in [0.1, 0.15) is 0 Å². The van der Waals surface area contributed by atoms with E-state index >= 15 is 0 Å². The Bertz CT molecular complexity index is 845. The Kier molecular flexibility index (Phi) is 4.26. The van der Waals surface area contributed by atoms with Gasteiger partial charge in [0.05, 0.1) is 5.57 Å². The van der Waals surface area contributed by atoms with E-state index in [0.717, 1.165) is 33.6 Å². The van der Waals surface area contributed by atoms with Crippen LogP contribution in [0, 0.1) is 0 Å². The zero-order valence-corrected chi connectivity index (χ0v) is 13.5. The molecule has 0 spiro atoms. The molecular formula is C19H16O3S. The van der Waals surface area contributed by atoms with Crippen molar-refractivity contribution in [1.29, 1.82) is 0 Å².